The Balaban J connectivity index is 1.98. The zero-order valence-electron chi connectivity index (χ0n) is 68.7. The van der Waals surface area contributed by atoms with Crippen LogP contribution in [0.25, 0.3) is 0 Å². The van der Waals surface area contributed by atoms with E-state index in [1.165, 1.54) is 24.0 Å². The Hall–Kier alpha value is -4.46. The number of aliphatic hydroxyl groups is 6. The third kappa shape index (κ3) is 33.3. The molecule has 3 aliphatic rings. The molecule has 624 valence electrons. The van der Waals surface area contributed by atoms with Crippen molar-refractivity contribution in [1.29, 1.82) is 0 Å². The molecule has 108 heavy (non-hydrogen) atoms. The molecule has 26 nitrogen and oxygen atoms in total. The average molecular weight is 1540 g/mol. The van der Waals surface area contributed by atoms with E-state index in [1.54, 1.807) is 69.2 Å². The lowest BCUT2D eigenvalue weighted by atomic mass is 9.82. The maximum atomic E-state index is 14.2. The largest absolute Gasteiger partial charge is 0.462 e. The van der Waals surface area contributed by atoms with Crippen LogP contribution in [0.5, 0.6) is 0 Å². The average Bonchev–Trinajstić information content (AvgIpc) is 0.854. The maximum absolute atomic E-state index is 14.2. The highest BCUT2D eigenvalue weighted by Gasteiger charge is 2.41. The van der Waals surface area contributed by atoms with Gasteiger partial charge in [0.05, 0.1) is 123 Å². The van der Waals surface area contributed by atoms with Crippen LogP contribution in [0, 0.1) is 59.2 Å². The molecule has 3 heterocycles. The van der Waals surface area contributed by atoms with E-state index in [1.807, 2.05) is 106 Å². The second-order valence-corrected chi connectivity index (χ2v) is 31.5. The number of aliphatic hydroxyl groups excluding tert-OH is 6. The lowest BCUT2D eigenvalue weighted by Crippen LogP contribution is -2.42. The minimum atomic E-state index is -1.23. The van der Waals surface area contributed by atoms with E-state index in [9.17, 15) is 59.4 Å². The van der Waals surface area contributed by atoms with Crippen molar-refractivity contribution in [3.63, 3.8) is 0 Å². The number of hydrogen-bond acceptors (Lipinski definition) is 24. The standard InChI is InChI=1S/C82H142N2O24/c1-49(27-29-69(91)55(7)79(101-17)51(3)31-33-83(11)47-85)81(103-19)57(9)75-39-61(89)37-71(93)53(5)73(99-15)45-65-25-22-24-64(106-65)44-68(98-14)36-60(88)42-78(96)108-76(58(10)82(104-20)50(2)28-30-70(92)56(8)80(102-18)52(4)32-34-84(12)48-86)40-62(90)38-72(94)54(6)74(100-16)46-66-26-21-23-63(105-66)43-67(97-13)35-59(87)41-77(95)107-75/h21-24,31-34,47-68,71-76,79-82,87-90,93-94H,25-30,35-46H2,1-20H3/b33-31+,34-32+/t49-,50-,51+,52+,53+,54+,55+,56+,57+,58+,59+,60+,61+,62+,63+,64+,65+,66+,67+,68+,71+,72+,73+,74+,75-,76-,79-,80-,81+,82+/m0/s1. The molecular weight excluding hydrogens is 1400 g/mol. The number of hydrogen-bond donors (Lipinski definition) is 6. The van der Waals surface area contributed by atoms with Crippen molar-refractivity contribution in [1.82, 2.24) is 9.80 Å². The van der Waals surface area contributed by atoms with Crippen molar-refractivity contribution < 1.29 is 116 Å². The molecule has 26 heteroatoms. The number of nitrogens with zero attached hydrogens (tertiary/aromatic N) is 2. The molecule has 3 rings (SSSR count). The van der Waals surface area contributed by atoms with E-state index >= 15 is 0 Å². The summed E-state index contributed by atoms with van der Waals surface area (Å²) in [6.07, 6.45) is 3.30. The molecular formula is C82H142N2O24. The monoisotopic (exact) mass is 1540 g/mol. The van der Waals surface area contributed by atoms with Gasteiger partial charge in [0.2, 0.25) is 12.8 Å². The summed E-state index contributed by atoms with van der Waals surface area (Å²) >= 11 is 0. The maximum Gasteiger partial charge on any atom is 0.308 e. The number of esters is 2. The molecule has 1 saturated heterocycles. The molecule has 2 amide bonds. The number of fused-ring (bicyclic) bond motifs is 4. The van der Waals surface area contributed by atoms with Crippen LogP contribution in [-0.2, 0) is 85.6 Å². The van der Waals surface area contributed by atoms with Crippen LogP contribution in [-0.4, -0.2) is 270 Å². The van der Waals surface area contributed by atoms with E-state index in [-0.39, 0.29) is 98.8 Å². The molecule has 0 aromatic rings. The van der Waals surface area contributed by atoms with Crippen molar-refractivity contribution in [2.75, 3.05) is 71.0 Å². The van der Waals surface area contributed by atoms with E-state index in [2.05, 4.69) is 0 Å². The molecule has 1 fully saturated rings. The molecule has 0 radical (unpaired) electrons. The molecule has 0 aromatic carbocycles. The first-order valence-corrected chi connectivity index (χ1v) is 39.3. The van der Waals surface area contributed by atoms with Gasteiger partial charge in [0.15, 0.2) is 0 Å². The highest BCUT2D eigenvalue weighted by Crippen LogP contribution is 2.36. The fraction of sp³-hybridized carbons (Fsp3) is 0.829. The van der Waals surface area contributed by atoms with Gasteiger partial charge in [0.1, 0.15) is 23.8 Å². The Kier molecular flexibility index (Phi) is 46.4. The molecule has 30 atom stereocenters. The Labute approximate surface area is 645 Å². The van der Waals surface area contributed by atoms with Gasteiger partial charge in [-0.25, -0.2) is 0 Å². The highest BCUT2D eigenvalue weighted by molar-refractivity contribution is 5.81. The Morgan fingerprint density at radius 2 is 0.824 bits per heavy atom. The van der Waals surface area contributed by atoms with Crippen LogP contribution in [0.4, 0.5) is 0 Å². The van der Waals surface area contributed by atoms with E-state index in [4.69, 9.17) is 56.8 Å². The topological polar surface area (TPSA) is 341 Å². The van der Waals surface area contributed by atoms with E-state index < -0.39 is 170 Å². The third-order valence-corrected chi connectivity index (χ3v) is 23.1. The molecule has 0 saturated carbocycles. The minimum absolute atomic E-state index is 0.0287. The van der Waals surface area contributed by atoms with E-state index in [0.717, 1.165) is 0 Å². The van der Waals surface area contributed by atoms with Crippen molar-refractivity contribution in [2.45, 2.75) is 307 Å². The number of ketones is 2. The number of cyclic esters (lactones) is 2. The molecule has 0 aliphatic carbocycles. The van der Waals surface area contributed by atoms with Gasteiger partial charge in [-0.15, -0.1) is 0 Å². The van der Waals surface area contributed by atoms with Crippen LogP contribution < -0.4 is 0 Å². The predicted molar refractivity (Wildman–Crippen MR) is 408 cm³/mol. The second kappa shape index (κ2) is 51.3. The van der Waals surface area contributed by atoms with Gasteiger partial charge in [-0.3, -0.25) is 28.8 Å². The first-order valence-electron chi connectivity index (χ1n) is 39.3. The molecule has 3 aliphatic heterocycles. The SMILES string of the molecule is CO[C@@H]1C[C@@H](O)CC(=O)O[C@H]([C@@H](C)[C@H](OC)[C@@H](C)CCC(=O)[C@@H](C)[C@@H](OC)[C@H](C)/C=C/N(C)C=O)C[C@H](O)C[C@@H](O)[C@@H](C)[C@H](OC)C[C@H]2CC=C[C@H](C[C@H](OC)C[C@@H](O)CC(=O)O[C@H]([C@@H](C)[C@H](OC)[C@@H](C)CCC(=O)[C@@H](C)[C@@H](OC)[C@H](C)/C=C/N(C)C=O)C[C@H](O)C[C@@H](O)[C@@H](C)[C@H](OC)C[C@H]3CC=C[C@H](C1)O3)O2. The van der Waals surface area contributed by atoms with E-state index in [0.29, 0.717) is 64.2 Å². The first kappa shape index (κ1) is 97.7. The minimum Gasteiger partial charge on any atom is -0.462 e. The second-order valence-electron chi connectivity index (χ2n) is 31.5. The van der Waals surface area contributed by atoms with Gasteiger partial charge in [-0.2, -0.15) is 0 Å². The summed E-state index contributed by atoms with van der Waals surface area (Å²) < 4.78 is 73.4. The first-order chi connectivity index (χ1) is 51.2. The van der Waals surface area contributed by atoms with Gasteiger partial charge in [0.25, 0.3) is 0 Å². The summed E-state index contributed by atoms with van der Waals surface area (Å²) in [6.45, 7) is 18.7. The number of rotatable bonds is 32. The van der Waals surface area contributed by atoms with Gasteiger partial charge >= 0.3 is 11.9 Å². The predicted octanol–water partition coefficient (Wildman–Crippen LogP) is 8.48. The summed E-state index contributed by atoms with van der Waals surface area (Å²) in [6, 6.07) is 0. The Morgan fingerprint density at radius 1 is 0.481 bits per heavy atom. The summed E-state index contributed by atoms with van der Waals surface area (Å²) in [5, 5.41) is 71.0. The van der Waals surface area contributed by atoms with Gasteiger partial charge in [-0.05, 0) is 50.4 Å². The van der Waals surface area contributed by atoms with Gasteiger partial charge < -0.3 is 97.3 Å². The fourth-order valence-corrected chi connectivity index (χ4v) is 16.1. The highest BCUT2D eigenvalue weighted by atomic mass is 16.6. The number of ether oxygens (including phenoxy) is 12. The summed E-state index contributed by atoms with van der Waals surface area (Å²) in [7, 11) is 15.5. The van der Waals surface area contributed by atoms with Gasteiger partial charge in [-0.1, -0.05) is 106 Å². The van der Waals surface area contributed by atoms with Crippen LogP contribution in [0.15, 0.2) is 48.9 Å². The van der Waals surface area contributed by atoms with Crippen molar-refractivity contribution in [3.05, 3.63) is 48.9 Å². The normalized spacial score (nSPS) is 32.7. The molecule has 0 unspecified atom stereocenters. The lowest BCUT2D eigenvalue weighted by molar-refractivity contribution is -0.162. The lowest BCUT2D eigenvalue weighted by Gasteiger charge is -2.36. The number of carbonyl (C=O) groups excluding carboxylic acids is 6. The summed E-state index contributed by atoms with van der Waals surface area (Å²) in [4.78, 5) is 81.3. The third-order valence-electron chi connectivity index (χ3n) is 23.1. The fourth-order valence-electron chi connectivity index (χ4n) is 16.1. The summed E-state index contributed by atoms with van der Waals surface area (Å²) in [5.41, 5.74) is 0. The molecule has 0 spiro atoms. The quantitative estimate of drug-likeness (QED) is 0.0209. The zero-order valence-corrected chi connectivity index (χ0v) is 68.7. The van der Waals surface area contributed by atoms with Crippen LogP contribution >= 0.6 is 0 Å². The van der Waals surface area contributed by atoms with Crippen molar-refractivity contribution >= 4 is 36.3 Å². The zero-order chi connectivity index (χ0) is 81.1. The Bertz CT molecular complexity index is 2510. The van der Waals surface area contributed by atoms with Crippen LogP contribution in [0.2, 0.25) is 0 Å². The summed E-state index contributed by atoms with van der Waals surface area (Å²) in [5.74, 6) is -5.63. The number of amides is 2. The van der Waals surface area contributed by atoms with Crippen molar-refractivity contribution in [3.8, 4) is 0 Å². The van der Waals surface area contributed by atoms with Gasteiger partial charge in [0, 0.05) is 195 Å². The molecule has 0 aromatic heterocycles. The molecule has 6 N–H and O–H groups in total. The number of carbonyl (C=O) groups is 6. The number of Topliss-reactive ketones (excluding diaryl/α,β-unsaturated/α-hetero) is 2. The smallest absolute Gasteiger partial charge is 0.308 e. The number of methoxy groups -OCH3 is 8. The van der Waals surface area contributed by atoms with Crippen molar-refractivity contribution in [2.24, 2.45) is 59.2 Å². The van der Waals surface area contributed by atoms with Crippen LogP contribution in [0.3, 0.4) is 0 Å². The molecule has 4 bridgehead atoms. The Morgan fingerprint density at radius 3 is 1.13 bits per heavy atom. The van der Waals surface area contributed by atoms with Crippen LogP contribution in [0.1, 0.15) is 185 Å².